The monoisotopic (exact) mass is 214 g/mol. The normalized spacial score (nSPS) is 10.2. The standard InChI is InChI=1S/C12H14N4/c13-11-3-5-15-7-9(11)1-2-10-8-16-6-4-12(10)14/h3-8H,1-2H2,(H2,13,15)(H2,14,16). The summed E-state index contributed by atoms with van der Waals surface area (Å²) in [6, 6.07) is 3.61. The van der Waals surface area contributed by atoms with Gasteiger partial charge in [0, 0.05) is 36.2 Å². The van der Waals surface area contributed by atoms with Crippen molar-refractivity contribution in [1.82, 2.24) is 9.97 Å². The van der Waals surface area contributed by atoms with Crippen molar-refractivity contribution in [2.75, 3.05) is 11.5 Å². The fourth-order valence-corrected chi connectivity index (χ4v) is 1.56. The Balaban J connectivity index is 2.09. The molecule has 4 N–H and O–H groups in total. The topological polar surface area (TPSA) is 77.8 Å². The van der Waals surface area contributed by atoms with Crippen LogP contribution in [0, 0.1) is 0 Å². The first-order valence-electron chi connectivity index (χ1n) is 5.14. The van der Waals surface area contributed by atoms with E-state index in [0.717, 1.165) is 35.3 Å². The minimum absolute atomic E-state index is 0.775. The number of aromatic nitrogens is 2. The molecular weight excluding hydrogens is 200 g/mol. The molecule has 16 heavy (non-hydrogen) atoms. The molecule has 0 aliphatic carbocycles. The molecule has 2 heterocycles. The molecule has 4 heteroatoms. The predicted molar refractivity (Wildman–Crippen MR) is 64.7 cm³/mol. The zero-order valence-electron chi connectivity index (χ0n) is 8.93. The molecule has 82 valence electrons. The molecule has 0 bridgehead atoms. The van der Waals surface area contributed by atoms with Crippen LogP contribution in [0.25, 0.3) is 0 Å². The first-order chi connectivity index (χ1) is 7.77. The van der Waals surface area contributed by atoms with Crippen molar-refractivity contribution in [3.63, 3.8) is 0 Å². The van der Waals surface area contributed by atoms with Gasteiger partial charge in [-0.15, -0.1) is 0 Å². The summed E-state index contributed by atoms with van der Waals surface area (Å²) in [6.45, 7) is 0. The van der Waals surface area contributed by atoms with E-state index in [0.29, 0.717) is 0 Å². The summed E-state index contributed by atoms with van der Waals surface area (Å²) in [4.78, 5) is 8.11. The fourth-order valence-electron chi connectivity index (χ4n) is 1.56. The number of rotatable bonds is 3. The van der Waals surface area contributed by atoms with E-state index in [2.05, 4.69) is 9.97 Å². The van der Waals surface area contributed by atoms with E-state index >= 15 is 0 Å². The van der Waals surface area contributed by atoms with E-state index in [1.807, 2.05) is 12.1 Å². The van der Waals surface area contributed by atoms with E-state index in [4.69, 9.17) is 11.5 Å². The molecule has 4 nitrogen and oxygen atoms in total. The summed E-state index contributed by atoms with van der Waals surface area (Å²) in [7, 11) is 0. The van der Waals surface area contributed by atoms with E-state index in [-0.39, 0.29) is 0 Å². The van der Waals surface area contributed by atoms with Crippen LogP contribution in [0.5, 0.6) is 0 Å². The smallest absolute Gasteiger partial charge is 0.0377 e. The highest BCUT2D eigenvalue weighted by Gasteiger charge is 2.02. The van der Waals surface area contributed by atoms with Crippen molar-refractivity contribution in [2.45, 2.75) is 12.8 Å². The van der Waals surface area contributed by atoms with Gasteiger partial charge in [-0.1, -0.05) is 0 Å². The van der Waals surface area contributed by atoms with Crippen LogP contribution in [0.3, 0.4) is 0 Å². The molecule has 0 atom stereocenters. The average molecular weight is 214 g/mol. The van der Waals surface area contributed by atoms with Crippen LogP contribution in [0.1, 0.15) is 11.1 Å². The molecule has 0 spiro atoms. The molecule has 0 aromatic carbocycles. The number of aryl methyl sites for hydroxylation is 2. The van der Waals surface area contributed by atoms with Gasteiger partial charge in [-0.2, -0.15) is 0 Å². The highest BCUT2D eigenvalue weighted by Crippen LogP contribution is 2.15. The van der Waals surface area contributed by atoms with Gasteiger partial charge in [-0.25, -0.2) is 0 Å². The Kier molecular flexibility index (Phi) is 3.00. The number of hydrogen-bond donors (Lipinski definition) is 2. The van der Waals surface area contributed by atoms with Gasteiger partial charge in [0.05, 0.1) is 0 Å². The van der Waals surface area contributed by atoms with Gasteiger partial charge in [-0.3, -0.25) is 9.97 Å². The van der Waals surface area contributed by atoms with Crippen LogP contribution in [-0.2, 0) is 12.8 Å². The van der Waals surface area contributed by atoms with E-state index in [1.165, 1.54) is 0 Å². The van der Waals surface area contributed by atoms with Crippen molar-refractivity contribution in [3.8, 4) is 0 Å². The second-order valence-corrected chi connectivity index (χ2v) is 3.65. The van der Waals surface area contributed by atoms with Crippen molar-refractivity contribution in [1.29, 1.82) is 0 Å². The third-order valence-corrected chi connectivity index (χ3v) is 2.55. The number of nitrogens with two attached hydrogens (primary N) is 2. The lowest BCUT2D eigenvalue weighted by molar-refractivity contribution is 0.946. The molecular formula is C12H14N4. The lowest BCUT2D eigenvalue weighted by Crippen LogP contribution is -2.00. The molecule has 0 amide bonds. The van der Waals surface area contributed by atoms with Gasteiger partial charge in [0.15, 0.2) is 0 Å². The van der Waals surface area contributed by atoms with Crippen molar-refractivity contribution < 1.29 is 0 Å². The maximum absolute atomic E-state index is 5.84. The van der Waals surface area contributed by atoms with E-state index in [1.54, 1.807) is 24.8 Å². The van der Waals surface area contributed by atoms with Crippen molar-refractivity contribution >= 4 is 11.4 Å². The Bertz CT molecular complexity index is 436. The molecule has 2 rings (SSSR count). The minimum Gasteiger partial charge on any atom is -0.398 e. The Hall–Kier alpha value is -2.10. The summed E-state index contributed by atoms with van der Waals surface area (Å²) in [6.07, 6.45) is 8.63. The summed E-state index contributed by atoms with van der Waals surface area (Å²) in [5.74, 6) is 0. The molecule has 0 aliphatic rings. The molecule has 0 unspecified atom stereocenters. The van der Waals surface area contributed by atoms with Crippen LogP contribution < -0.4 is 11.5 Å². The van der Waals surface area contributed by atoms with E-state index in [9.17, 15) is 0 Å². The molecule has 0 radical (unpaired) electrons. The maximum atomic E-state index is 5.84. The Morgan fingerprint density at radius 3 is 1.62 bits per heavy atom. The summed E-state index contributed by atoms with van der Waals surface area (Å²) in [5, 5.41) is 0. The van der Waals surface area contributed by atoms with Crippen LogP contribution in [0.2, 0.25) is 0 Å². The van der Waals surface area contributed by atoms with Crippen LogP contribution in [0.15, 0.2) is 36.9 Å². The number of pyridine rings is 2. The zero-order chi connectivity index (χ0) is 11.4. The second-order valence-electron chi connectivity index (χ2n) is 3.65. The van der Waals surface area contributed by atoms with E-state index < -0.39 is 0 Å². The third kappa shape index (κ3) is 2.28. The first-order valence-corrected chi connectivity index (χ1v) is 5.14. The molecule has 2 aromatic heterocycles. The highest BCUT2D eigenvalue weighted by molar-refractivity contribution is 5.47. The molecule has 2 aromatic rings. The molecule has 0 saturated carbocycles. The molecule has 0 saturated heterocycles. The molecule has 0 fully saturated rings. The number of anilines is 2. The third-order valence-electron chi connectivity index (χ3n) is 2.55. The number of nitrogens with zero attached hydrogens (tertiary/aromatic N) is 2. The van der Waals surface area contributed by atoms with Crippen molar-refractivity contribution in [2.24, 2.45) is 0 Å². The maximum Gasteiger partial charge on any atom is 0.0377 e. The molecule has 0 aliphatic heterocycles. The zero-order valence-corrected chi connectivity index (χ0v) is 8.93. The van der Waals surface area contributed by atoms with Gasteiger partial charge in [-0.05, 0) is 36.1 Å². The van der Waals surface area contributed by atoms with Gasteiger partial charge in [0.2, 0.25) is 0 Å². The van der Waals surface area contributed by atoms with Crippen molar-refractivity contribution in [3.05, 3.63) is 48.0 Å². The number of nitrogen functional groups attached to an aromatic ring is 2. The SMILES string of the molecule is Nc1ccncc1CCc1cnccc1N. The quantitative estimate of drug-likeness (QED) is 0.810. The fraction of sp³-hybridized carbons (Fsp3) is 0.167. The highest BCUT2D eigenvalue weighted by atomic mass is 14.7. The van der Waals surface area contributed by atoms with Gasteiger partial charge in [0.1, 0.15) is 0 Å². The Morgan fingerprint density at radius 2 is 1.25 bits per heavy atom. The predicted octanol–water partition coefficient (Wildman–Crippen LogP) is 1.43. The van der Waals surface area contributed by atoms with Crippen LogP contribution in [0.4, 0.5) is 11.4 Å². The minimum atomic E-state index is 0.775. The van der Waals surface area contributed by atoms with Gasteiger partial charge in [0.25, 0.3) is 0 Å². The first kappa shape index (κ1) is 10.4. The van der Waals surface area contributed by atoms with Gasteiger partial charge < -0.3 is 11.5 Å². The van der Waals surface area contributed by atoms with Crippen LogP contribution >= 0.6 is 0 Å². The lowest BCUT2D eigenvalue weighted by Gasteiger charge is -2.06. The largest absolute Gasteiger partial charge is 0.398 e. The second kappa shape index (κ2) is 4.61. The Morgan fingerprint density at radius 1 is 0.812 bits per heavy atom. The Labute approximate surface area is 94.3 Å². The summed E-state index contributed by atoms with van der Waals surface area (Å²) in [5.41, 5.74) is 15.3. The number of hydrogen-bond acceptors (Lipinski definition) is 4. The van der Waals surface area contributed by atoms with Gasteiger partial charge >= 0.3 is 0 Å². The summed E-state index contributed by atoms with van der Waals surface area (Å²) < 4.78 is 0. The summed E-state index contributed by atoms with van der Waals surface area (Å²) >= 11 is 0. The average Bonchev–Trinajstić information content (AvgIpc) is 2.30. The lowest BCUT2D eigenvalue weighted by atomic mass is 10.1. The van der Waals surface area contributed by atoms with Crippen LogP contribution in [-0.4, -0.2) is 9.97 Å².